The number of nitrogens with one attached hydrogen (secondary N) is 1. The van der Waals surface area contributed by atoms with Crippen molar-refractivity contribution in [3.8, 4) is 6.19 Å². The predicted octanol–water partition coefficient (Wildman–Crippen LogP) is 0.672. The average molecular weight is 331 g/mol. The molecule has 0 aliphatic rings. The summed E-state index contributed by atoms with van der Waals surface area (Å²) in [6.45, 7) is 3.91. The first-order valence-corrected chi connectivity index (χ1v) is 9.37. The number of nitriles is 1. The largest absolute Gasteiger partial charge is 0.343 e. The van der Waals surface area contributed by atoms with Crippen molar-refractivity contribution in [3.05, 3.63) is 0 Å². The number of hydrogen-bond donors (Lipinski definition) is 1. The van der Waals surface area contributed by atoms with Crippen LogP contribution in [0.2, 0.25) is 0 Å². The molecular formula is C14H25N3O4S. The summed E-state index contributed by atoms with van der Waals surface area (Å²) in [5, 5.41) is 11.3. The molecule has 0 aromatic rings. The molecule has 0 fully saturated rings. The van der Waals surface area contributed by atoms with E-state index in [0.29, 0.717) is 12.8 Å². The van der Waals surface area contributed by atoms with Crippen LogP contribution in [0.1, 0.15) is 39.5 Å². The standard InChI is InChI=1S/C14H25N3O4S/c1-5-7-11(8-6-2)13(18)16-12(9-22(4,20)21)14(19)17(3)10-15/h11-12H,5-9H2,1-4H3,(H,16,18). The second kappa shape index (κ2) is 9.41. The van der Waals surface area contributed by atoms with E-state index in [1.807, 2.05) is 13.8 Å². The van der Waals surface area contributed by atoms with E-state index < -0.39 is 27.5 Å². The third kappa shape index (κ3) is 7.41. The van der Waals surface area contributed by atoms with Crippen LogP contribution < -0.4 is 5.32 Å². The molecule has 2 amide bonds. The zero-order valence-corrected chi connectivity index (χ0v) is 14.4. The fourth-order valence-electron chi connectivity index (χ4n) is 2.15. The highest BCUT2D eigenvalue weighted by Gasteiger charge is 2.29. The maximum atomic E-state index is 12.3. The molecule has 0 spiro atoms. The van der Waals surface area contributed by atoms with Crippen LogP contribution in [0.3, 0.4) is 0 Å². The lowest BCUT2D eigenvalue weighted by atomic mass is 9.97. The summed E-state index contributed by atoms with van der Waals surface area (Å²) in [5.74, 6) is -1.84. The van der Waals surface area contributed by atoms with Gasteiger partial charge in [-0.05, 0) is 12.8 Å². The summed E-state index contributed by atoms with van der Waals surface area (Å²) >= 11 is 0. The number of likely N-dealkylation sites (N-methyl/N-ethyl adjacent to an activating group) is 1. The van der Waals surface area contributed by atoms with Crippen LogP contribution in [0.25, 0.3) is 0 Å². The van der Waals surface area contributed by atoms with E-state index in [1.165, 1.54) is 7.05 Å². The molecular weight excluding hydrogens is 306 g/mol. The Morgan fingerprint density at radius 2 is 1.73 bits per heavy atom. The molecule has 7 nitrogen and oxygen atoms in total. The number of amides is 2. The zero-order chi connectivity index (χ0) is 17.3. The Balaban J connectivity index is 5.15. The van der Waals surface area contributed by atoms with E-state index in [9.17, 15) is 18.0 Å². The first-order chi connectivity index (χ1) is 10.2. The Hall–Kier alpha value is -1.62. The minimum atomic E-state index is -3.48. The molecule has 0 aromatic carbocycles. The van der Waals surface area contributed by atoms with Crippen LogP contribution in [0.4, 0.5) is 0 Å². The van der Waals surface area contributed by atoms with Crippen molar-refractivity contribution >= 4 is 21.7 Å². The highest BCUT2D eigenvalue weighted by molar-refractivity contribution is 7.90. The van der Waals surface area contributed by atoms with Crippen molar-refractivity contribution in [3.63, 3.8) is 0 Å². The maximum absolute atomic E-state index is 12.3. The lowest BCUT2D eigenvalue weighted by Gasteiger charge is -2.22. The lowest BCUT2D eigenvalue weighted by Crippen LogP contribution is -2.51. The van der Waals surface area contributed by atoms with Gasteiger partial charge in [0, 0.05) is 19.2 Å². The van der Waals surface area contributed by atoms with Crippen molar-refractivity contribution in [1.29, 1.82) is 5.26 Å². The quantitative estimate of drug-likeness (QED) is 0.493. The molecule has 1 atom stereocenters. The fourth-order valence-corrected chi connectivity index (χ4v) is 2.98. The van der Waals surface area contributed by atoms with E-state index in [1.54, 1.807) is 6.19 Å². The van der Waals surface area contributed by atoms with Crippen molar-refractivity contribution in [2.24, 2.45) is 5.92 Å². The van der Waals surface area contributed by atoms with Crippen LogP contribution in [-0.2, 0) is 19.4 Å². The van der Waals surface area contributed by atoms with Gasteiger partial charge in [-0.2, -0.15) is 5.26 Å². The Morgan fingerprint density at radius 1 is 1.23 bits per heavy atom. The van der Waals surface area contributed by atoms with Gasteiger partial charge < -0.3 is 5.32 Å². The average Bonchev–Trinajstić information content (AvgIpc) is 2.43. The van der Waals surface area contributed by atoms with E-state index in [4.69, 9.17) is 5.26 Å². The minimum Gasteiger partial charge on any atom is -0.343 e. The third-order valence-electron chi connectivity index (χ3n) is 3.21. The van der Waals surface area contributed by atoms with E-state index >= 15 is 0 Å². The number of carbonyl (C=O) groups is 2. The van der Waals surface area contributed by atoms with E-state index in [2.05, 4.69) is 5.32 Å². The summed E-state index contributed by atoms with van der Waals surface area (Å²) in [6.07, 6.45) is 5.60. The molecule has 0 bridgehead atoms. The van der Waals surface area contributed by atoms with Gasteiger partial charge in [-0.1, -0.05) is 26.7 Å². The predicted molar refractivity (Wildman–Crippen MR) is 83.3 cm³/mol. The summed E-state index contributed by atoms with van der Waals surface area (Å²) in [6, 6.07) is -1.23. The van der Waals surface area contributed by atoms with Crippen molar-refractivity contribution in [2.75, 3.05) is 19.1 Å². The van der Waals surface area contributed by atoms with E-state index in [-0.39, 0.29) is 11.8 Å². The summed E-state index contributed by atoms with van der Waals surface area (Å²) in [4.78, 5) is 25.1. The topological polar surface area (TPSA) is 107 Å². The lowest BCUT2D eigenvalue weighted by molar-refractivity contribution is -0.134. The van der Waals surface area contributed by atoms with Crippen LogP contribution >= 0.6 is 0 Å². The molecule has 0 saturated carbocycles. The van der Waals surface area contributed by atoms with Crippen molar-refractivity contribution in [1.82, 2.24) is 10.2 Å². The number of sulfone groups is 1. The van der Waals surface area contributed by atoms with Crippen LogP contribution in [-0.4, -0.2) is 50.2 Å². The molecule has 0 aromatic heterocycles. The first-order valence-electron chi connectivity index (χ1n) is 7.31. The minimum absolute atomic E-state index is 0.253. The van der Waals surface area contributed by atoms with Crippen molar-refractivity contribution < 1.29 is 18.0 Å². The molecule has 0 saturated heterocycles. The molecule has 0 radical (unpaired) electrons. The first kappa shape index (κ1) is 20.4. The fraction of sp³-hybridized carbons (Fsp3) is 0.786. The summed E-state index contributed by atoms with van der Waals surface area (Å²) < 4.78 is 22.9. The maximum Gasteiger partial charge on any atom is 0.258 e. The Morgan fingerprint density at radius 3 is 2.09 bits per heavy atom. The Labute approximate surface area is 132 Å². The Kier molecular flexibility index (Phi) is 8.72. The summed E-state index contributed by atoms with van der Waals surface area (Å²) in [7, 11) is -2.24. The van der Waals surface area contributed by atoms with Crippen molar-refractivity contribution in [2.45, 2.75) is 45.6 Å². The zero-order valence-electron chi connectivity index (χ0n) is 13.6. The van der Waals surface area contributed by atoms with Gasteiger partial charge in [0.25, 0.3) is 5.91 Å². The van der Waals surface area contributed by atoms with Gasteiger partial charge in [-0.3, -0.25) is 14.5 Å². The smallest absolute Gasteiger partial charge is 0.258 e. The van der Waals surface area contributed by atoms with Gasteiger partial charge >= 0.3 is 0 Å². The SMILES string of the molecule is CCCC(CCC)C(=O)NC(CS(C)(=O)=O)C(=O)N(C)C#N. The van der Waals surface area contributed by atoms with Gasteiger partial charge in [-0.25, -0.2) is 8.42 Å². The van der Waals surface area contributed by atoms with Gasteiger partial charge in [0.05, 0.1) is 5.75 Å². The highest BCUT2D eigenvalue weighted by atomic mass is 32.2. The van der Waals surface area contributed by atoms with Gasteiger partial charge in [0.15, 0.2) is 6.19 Å². The second-order valence-corrected chi connectivity index (χ2v) is 7.61. The molecule has 1 unspecified atom stereocenters. The second-order valence-electron chi connectivity index (χ2n) is 5.43. The summed E-state index contributed by atoms with van der Waals surface area (Å²) in [5.41, 5.74) is 0. The van der Waals surface area contributed by atoms with Crippen LogP contribution in [0.5, 0.6) is 0 Å². The molecule has 0 rings (SSSR count). The van der Waals surface area contributed by atoms with Gasteiger partial charge in [0.1, 0.15) is 15.9 Å². The Bertz CT molecular complexity index is 519. The highest BCUT2D eigenvalue weighted by Crippen LogP contribution is 2.14. The number of nitrogens with zero attached hydrogens (tertiary/aromatic N) is 2. The third-order valence-corrected chi connectivity index (χ3v) is 4.15. The molecule has 0 aliphatic carbocycles. The molecule has 126 valence electrons. The number of carbonyl (C=O) groups excluding carboxylic acids is 2. The normalized spacial score (nSPS) is 12.5. The van der Waals surface area contributed by atoms with Gasteiger partial charge in [-0.15, -0.1) is 0 Å². The molecule has 22 heavy (non-hydrogen) atoms. The monoisotopic (exact) mass is 331 g/mol. The van der Waals surface area contributed by atoms with Gasteiger partial charge in [0.2, 0.25) is 5.91 Å². The van der Waals surface area contributed by atoms with E-state index in [0.717, 1.165) is 24.0 Å². The van der Waals surface area contributed by atoms with Crippen LogP contribution in [0.15, 0.2) is 0 Å². The number of rotatable bonds is 9. The molecule has 1 N–H and O–H groups in total. The molecule has 0 aliphatic heterocycles. The molecule has 8 heteroatoms. The number of hydrogen-bond acceptors (Lipinski definition) is 5. The van der Waals surface area contributed by atoms with Crippen LogP contribution in [0, 0.1) is 17.4 Å². The molecule has 0 heterocycles.